The van der Waals surface area contributed by atoms with Gasteiger partial charge < -0.3 is 15.5 Å². The number of sulfonamides is 1. The van der Waals surface area contributed by atoms with Crippen molar-refractivity contribution in [2.75, 3.05) is 44.2 Å². The minimum atomic E-state index is -3.42. The van der Waals surface area contributed by atoms with Crippen molar-refractivity contribution in [3.05, 3.63) is 59.7 Å². The second-order valence-electron chi connectivity index (χ2n) is 6.87. The Labute approximate surface area is 156 Å². The summed E-state index contributed by atoms with van der Waals surface area (Å²) < 4.78 is 26.5. The molecule has 0 aliphatic carbocycles. The Hall–Kier alpha value is -2.09. The molecule has 2 aromatic rings. The number of nitrogens with zero attached hydrogens (tertiary/aromatic N) is 2. The SMILES string of the molecule is CN(C)c1ccc([C@H](N)[C@@H](NS(C)(=O)=O)c2ccc(N(C)C)cc2)cc1. The highest BCUT2D eigenvalue weighted by atomic mass is 32.2. The lowest BCUT2D eigenvalue weighted by atomic mass is 9.94. The van der Waals surface area contributed by atoms with Gasteiger partial charge in [0.1, 0.15) is 0 Å². The summed E-state index contributed by atoms with van der Waals surface area (Å²) in [5.41, 5.74) is 10.2. The second kappa shape index (κ2) is 8.07. The van der Waals surface area contributed by atoms with Crippen LogP contribution in [0.2, 0.25) is 0 Å². The second-order valence-corrected chi connectivity index (χ2v) is 8.65. The summed E-state index contributed by atoms with van der Waals surface area (Å²) in [5.74, 6) is 0. The van der Waals surface area contributed by atoms with E-state index in [2.05, 4.69) is 4.72 Å². The molecule has 0 fully saturated rings. The van der Waals surface area contributed by atoms with E-state index in [1.165, 1.54) is 0 Å². The fourth-order valence-electron chi connectivity index (χ4n) is 2.75. The lowest BCUT2D eigenvalue weighted by molar-refractivity contribution is 0.507. The van der Waals surface area contributed by atoms with E-state index in [9.17, 15) is 8.42 Å². The van der Waals surface area contributed by atoms with Crippen molar-refractivity contribution in [1.82, 2.24) is 4.72 Å². The monoisotopic (exact) mass is 376 g/mol. The van der Waals surface area contributed by atoms with Gasteiger partial charge in [-0.2, -0.15) is 0 Å². The normalized spacial score (nSPS) is 13.9. The summed E-state index contributed by atoms with van der Waals surface area (Å²) in [6.07, 6.45) is 1.15. The molecule has 0 radical (unpaired) electrons. The highest BCUT2D eigenvalue weighted by Gasteiger charge is 2.24. The van der Waals surface area contributed by atoms with Crippen LogP contribution in [0.1, 0.15) is 23.2 Å². The molecule has 0 saturated heterocycles. The molecule has 0 aliphatic rings. The van der Waals surface area contributed by atoms with Gasteiger partial charge in [-0.25, -0.2) is 13.1 Å². The summed E-state index contributed by atoms with van der Waals surface area (Å²) >= 11 is 0. The van der Waals surface area contributed by atoms with Crippen LogP contribution >= 0.6 is 0 Å². The lowest BCUT2D eigenvalue weighted by Crippen LogP contribution is -2.35. The molecule has 0 aliphatic heterocycles. The van der Waals surface area contributed by atoms with Gasteiger partial charge >= 0.3 is 0 Å². The smallest absolute Gasteiger partial charge is 0.209 e. The highest BCUT2D eigenvalue weighted by molar-refractivity contribution is 7.88. The Kier molecular flexibility index (Phi) is 6.28. The van der Waals surface area contributed by atoms with Crippen LogP contribution in [-0.2, 0) is 10.0 Å². The maximum atomic E-state index is 11.9. The molecule has 0 amide bonds. The van der Waals surface area contributed by atoms with E-state index in [-0.39, 0.29) is 0 Å². The van der Waals surface area contributed by atoms with Gasteiger partial charge in [0.2, 0.25) is 10.0 Å². The minimum Gasteiger partial charge on any atom is -0.378 e. The number of benzene rings is 2. The number of nitrogens with two attached hydrogens (primary N) is 1. The average molecular weight is 377 g/mol. The fourth-order valence-corrected chi connectivity index (χ4v) is 3.49. The molecule has 0 spiro atoms. The Morgan fingerprint density at radius 2 is 1.19 bits per heavy atom. The Balaban J connectivity index is 2.37. The predicted octanol–water partition coefficient (Wildman–Crippen LogP) is 2.11. The van der Waals surface area contributed by atoms with Crippen molar-refractivity contribution < 1.29 is 8.42 Å². The van der Waals surface area contributed by atoms with Crippen molar-refractivity contribution in [1.29, 1.82) is 0 Å². The van der Waals surface area contributed by atoms with E-state index >= 15 is 0 Å². The first-order chi connectivity index (χ1) is 12.1. The molecule has 0 heterocycles. The maximum Gasteiger partial charge on any atom is 0.209 e. The third-order valence-electron chi connectivity index (χ3n) is 4.26. The van der Waals surface area contributed by atoms with Crippen LogP contribution in [-0.4, -0.2) is 42.9 Å². The molecule has 2 rings (SSSR count). The van der Waals surface area contributed by atoms with Crippen LogP contribution in [0, 0.1) is 0 Å². The van der Waals surface area contributed by atoms with Gasteiger partial charge in [0, 0.05) is 39.6 Å². The number of hydrogen-bond acceptors (Lipinski definition) is 5. The van der Waals surface area contributed by atoms with Crippen LogP contribution in [0.3, 0.4) is 0 Å². The highest BCUT2D eigenvalue weighted by Crippen LogP contribution is 2.29. The molecule has 0 aromatic heterocycles. The third kappa shape index (κ3) is 5.20. The quantitative estimate of drug-likeness (QED) is 0.774. The standard InChI is InChI=1S/C19H28N4O2S/c1-22(2)16-10-6-14(7-11-16)18(20)19(21-26(5,24)25)15-8-12-17(13-9-15)23(3)4/h6-13,18-19,21H,20H2,1-5H3/t18-,19-/m0/s1. The summed E-state index contributed by atoms with van der Waals surface area (Å²) in [7, 11) is 4.43. The van der Waals surface area contributed by atoms with Gasteiger partial charge in [-0.1, -0.05) is 24.3 Å². The Bertz CT molecular complexity index is 816. The summed E-state index contributed by atoms with van der Waals surface area (Å²) in [6.45, 7) is 0. The lowest BCUT2D eigenvalue weighted by Gasteiger charge is -2.26. The van der Waals surface area contributed by atoms with Gasteiger partial charge in [-0.3, -0.25) is 0 Å². The Morgan fingerprint density at radius 1 is 0.808 bits per heavy atom. The van der Waals surface area contributed by atoms with Gasteiger partial charge in [-0.05, 0) is 35.4 Å². The first-order valence-corrected chi connectivity index (χ1v) is 10.2. The van der Waals surface area contributed by atoms with Gasteiger partial charge in [0.05, 0.1) is 18.3 Å². The van der Waals surface area contributed by atoms with Crippen molar-refractivity contribution in [3.8, 4) is 0 Å². The molecule has 7 heteroatoms. The predicted molar refractivity (Wildman–Crippen MR) is 109 cm³/mol. The van der Waals surface area contributed by atoms with Gasteiger partial charge in [0.25, 0.3) is 0 Å². The minimum absolute atomic E-state index is 0.508. The van der Waals surface area contributed by atoms with Crippen LogP contribution in [0.5, 0.6) is 0 Å². The van der Waals surface area contributed by atoms with Crippen LogP contribution in [0.15, 0.2) is 48.5 Å². The molecule has 2 atom stereocenters. The van der Waals surface area contributed by atoms with E-state index in [0.717, 1.165) is 28.8 Å². The average Bonchev–Trinajstić information content (AvgIpc) is 2.58. The third-order valence-corrected chi connectivity index (χ3v) is 4.95. The van der Waals surface area contributed by atoms with Gasteiger partial charge in [-0.15, -0.1) is 0 Å². The van der Waals surface area contributed by atoms with E-state index in [1.54, 1.807) is 0 Å². The largest absolute Gasteiger partial charge is 0.378 e. The summed E-state index contributed by atoms with van der Waals surface area (Å²) in [4.78, 5) is 3.99. The van der Waals surface area contributed by atoms with Crippen molar-refractivity contribution in [3.63, 3.8) is 0 Å². The van der Waals surface area contributed by atoms with Crippen LogP contribution in [0.4, 0.5) is 11.4 Å². The molecular weight excluding hydrogens is 348 g/mol. The van der Waals surface area contributed by atoms with E-state index in [4.69, 9.17) is 5.73 Å². The molecule has 0 saturated carbocycles. The topological polar surface area (TPSA) is 78.7 Å². The molecule has 3 N–H and O–H groups in total. The first kappa shape index (κ1) is 20.2. The van der Waals surface area contributed by atoms with E-state index < -0.39 is 22.1 Å². The van der Waals surface area contributed by atoms with Crippen LogP contribution in [0.25, 0.3) is 0 Å². The molecule has 0 bridgehead atoms. The molecule has 26 heavy (non-hydrogen) atoms. The zero-order valence-corrected chi connectivity index (χ0v) is 16.8. The van der Waals surface area contributed by atoms with Crippen molar-refractivity contribution in [2.45, 2.75) is 12.1 Å². The Morgan fingerprint density at radius 3 is 1.54 bits per heavy atom. The summed E-state index contributed by atoms with van der Waals surface area (Å²) in [5, 5.41) is 0. The zero-order chi connectivity index (χ0) is 19.5. The number of rotatable bonds is 7. The van der Waals surface area contributed by atoms with Gasteiger partial charge in [0.15, 0.2) is 0 Å². The summed E-state index contributed by atoms with van der Waals surface area (Å²) in [6, 6.07) is 14.5. The number of anilines is 2. The van der Waals surface area contributed by atoms with E-state index in [0.29, 0.717) is 0 Å². The fraction of sp³-hybridized carbons (Fsp3) is 0.368. The number of hydrogen-bond donors (Lipinski definition) is 2. The zero-order valence-electron chi connectivity index (χ0n) is 16.0. The van der Waals surface area contributed by atoms with Crippen molar-refractivity contribution in [2.24, 2.45) is 5.73 Å². The van der Waals surface area contributed by atoms with Crippen molar-refractivity contribution >= 4 is 21.4 Å². The van der Waals surface area contributed by atoms with E-state index in [1.807, 2.05) is 86.5 Å². The molecule has 6 nitrogen and oxygen atoms in total. The molecule has 2 aromatic carbocycles. The number of nitrogens with one attached hydrogen (secondary N) is 1. The first-order valence-electron chi connectivity index (χ1n) is 8.36. The molecular formula is C19H28N4O2S. The molecule has 0 unspecified atom stereocenters. The van der Waals surface area contributed by atoms with Crippen LogP contribution < -0.4 is 20.3 Å². The molecule has 142 valence electrons. The maximum absolute atomic E-state index is 11.9.